The Morgan fingerprint density at radius 3 is 2.65 bits per heavy atom. The monoisotopic (exact) mass is 237 g/mol. The molecule has 17 heavy (non-hydrogen) atoms. The van der Waals surface area contributed by atoms with Crippen molar-refractivity contribution in [3.05, 3.63) is 24.3 Å². The number of benzene rings is 1. The van der Waals surface area contributed by atoms with Crippen LogP contribution in [0.3, 0.4) is 0 Å². The van der Waals surface area contributed by atoms with Crippen molar-refractivity contribution in [1.82, 2.24) is 0 Å². The molecule has 0 saturated heterocycles. The van der Waals surface area contributed by atoms with Crippen LogP contribution in [0.5, 0.6) is 5.75 Å². The average Bonchev–Trinajstić information content (AvgIpc) is 2.31. The van der Waals surface area contributed by atoms with Crippen molar-refractivity contribution in [3.63, 3.8) is 0 Å². The lowest BCUT2D eigenvalue weighted by Gasteiger charge is -2.06. The highest BCUT2D eigenvalue weighted by atomic mass is 16.5. The van der Waals surface area contributed by atoms with Gasteiger partial charge in [-0.05, 0) is 31.2 Å². The van der Waals surface area contributed by atoms with Crippen molar-refractivity contribution in [2.24, 2.45) is 10.9 Å². The second kappa shape index (κ2) is 6.37. The van der Waals surface area contributed by atoms with Crippen molar-refractivity contribution >= 4 is 17.4 Å². The quantitative estimate of drug-likeness (QED) is 0.310. The predicted octanol–water partition coefficient (Wildman–Crippen LogP) is 1.16. The van der Waals surface area contributed by atoms with E-state index in [0.717, 1.165) is 5.75 Å². The molecule has 0 spiro atoms. The zero-order valence-corrected chi connectivity index (χ0v) is 9.51. The minimum Gasteiger partial charge on any atom is -0.494 e. The van der Waals surface area contributed by atoms with Crippen molar-refractivity contribution in [1.29, 1.82) is 0 Å². The smallest absolute Gasteiger partial charge is 0.232 e. The number of rotatable bonds is 5. The van der Waals surface area contributed by atoms with Crippen LogP contribution in [0.2, 0.25) is 0 Å². The predicted molar refractivity (Wildman–Crippen MR) is 64.3 cm³/mol. The molecule has 92 valence electrons. The van der Waals surface area contributed by atoms with E-state index in [9.17, 15) is 4.79 Å². The van der Waals surface area contributed by atoms with Gasteiger partial charge in [-0.1, -0.05) is 5.16 Å². The van der Waals surface area contributed by atoms with Gasteiger partial charge in [0.2, 0.25) is 5.91 Å². The number of carbonyl (C=O) groups is 1. The van der Waals surface area contributed by atoms with Crippen LogP contribution in [-0.2, 0) is 4.79 Å². The Kier molecular flexibility index (Phi) is 4.80. The Bertz CT molecular complexity index is 401. The van der Waals surface area contributed by atoms with Crippen molar-refractivity contribution in [2.75, 3.05) is 11.9 Å². The van der Waals surface area contributed by atoms with Gasteiger partial charge in [-0.25, -0.2) is 0 Å². The summed E-state index contributed by atoms with van der Waals surface area (Å²) in [5.41, 5.74) is 5.84. The third-order valence-corrected chi connectivity index (χ3v) is 1.92. The number of hydrogen-bond acceptors (Lipinski definition) is 4. The summed E-state index contributed by atoms with van der Waals surface area (Å²) in [5.74, 6) is 0.264. The summed E-state index contributed by atoms with van der Waals surface area (Å²) in [6, 6.07) is 6.94. The zero-order valence-electron chi connectivity index (χ0n) is 9.51. The van der Waals surface area contributed by atoms with E-state index in [0.29, 0.717) is 12.3 Å². The van der Waals surface area contributed by atoms with E-state index in [1.807, 2.05) is 6.92 Å². The maximum Gasteiger partial charge on any atom is 0.232 e. The minimum atomic E-state index is -0.343. The van der Waals surface area contributed by atoms with Gasteiger partial charge in [-0.2, -0.15) is 0 Å². The zero-order chi connectivity index (χ0) is 12.7. The molecule has 0 aromatic heterocycles. The number of anilines is 1. The molecule has 0 fully saturated rings. The SMILES string of the molecule is CCOc1ccc(NC(=O)C/C(N)=N\O)cc1. The van der Waals surface area contributed by atoms with E-state index >= 15 is 0 Å². The van der Waals surface area contributed by atoms with E-state index in [1.165, 1.54) is 0 Å². The van der Waals surface area contributed by atoms with Gasteiger partial charge in [-0.15, -0.1) is 0 Å². The topological polar surface area (TPSA) is 96.9 Å². The molecule has 1 aromatic carbocycles. The number of nitrogens with zero attached hydrogens (tertiary/aromatic N) is 1. The fourth-order valence-corrected chi connectivity index (χ4v) is 1.21. The maximum atomic E-state index is 11.4. The van der Waals surface area contributed by atoms with E-state index in [-0.39, 0.29) is 18.2 Å². The molecule has 0 saturated carbocycles. The van der Waals surface area contributed by atoms with Crippen LogP contribution in [0.4, 0.5) is 5.69 Å². The number of nitrogens with two attached hydrogens (primary N) is 1. The second-order valence-corrected chi connectivity index (χ2v) is 3.27. The number of ether oxygens (including phenoxy) is 1. The third-order valence-electron chi connectivity index (χ3n) is 1.92. The van der Waals surface area contributed by atoms with Gasteiger partial charge in [0.15, 0.2) is 0 Å². The Balaban J connectivity index is 2.54. The summed E-state index contributed by atoms with van der Waals surface area (Å²) in [7, 11) is 0. The Labute approximate surface area is 99.1 Å². The fourth-order valence-electron chi connectivity index (χ4n) is 1.21. The van der Waals surface area contributed by atoms with Gasteiger partial charge in [-0.3, -0.25) is 4.79 Å². The summed E-state index contributed by atoms with van der Waals surface area (Å²) < 4.78 is 5.26. The third kappa shape index (κ3) is 4.42. The van der Waals surface area contributed by atoms with E-state index < -0.39 is 0 Å². The standard InChI is InChI=1S/C11H15N3O3/c1-2-17-9-5-3-8(4-6-9)13-11(15)7-10(12)14-16/h3-6,16H,2,7H2,1H3,(H2,12,14)(H,13,15). The summed E-state index contributed by atoms with van der Waals surface area (Å²) >= 11 is 0. The number of amidine groups is 1. The molecule has 0 unspecified atom stereocenters. The molecule has 0 heterocycles. The molecule has 0 atom stereocenters. The molecule has 0 radical (unpaired) electrons. The highest BCUT2D eigenvalue weighted by Crippen LogP contribution is 2.15. The van der Waals surface area contributed by atoms with E-state index in [1.54, 1.807) is 24.3 Å². The lowest BCUT2D eigenvalue weighted by molar-refractivity contribution is -0.115. The first kappa shape index (κ1) is 12.8. The molecule has 6 nitrogen and oxygen atoms in total. The highest BCUT2D eigenvalue weighted by Gasteiger charge is 2.05. The highest BCUT2D eigenvalue weighted by molar-refractivity contribution is 6.04. The molecule has 4 N–H and O–H groups in total. The molecule has 0 aliphatic heterocycles. The van der Waals surface area contributed by atoms with Gasteiger partial charge >= 0.3 is 0 Å². The van der Waals surface area contributed by atoms with Crippen molar-refractivity contribution < 1.29 is 14.7 Å². The lowest BCUT2D eigenvalue weighted by atomic mass is 10.3. The first-order valence-electron chi connectivity index (χ1n) is 5.14. The van der Waals surface area contributed by atoms with Gasteiger partial charge in [0.1, 0.15) is 11.6 Å². The molecular weight excluding hydrogens is 222 g/mol. The van der Waals surface area contributed by atoms with Crippen LogP contribution >= 0.6 is 0 Å². The van der Waals surface area contributed by atoms with Gasteiger partial charge in [0.25, 0.3) is 0 Å². The summed E-state index contributed by atoms with van der Waals surface area (Å²) in [5, 5.41) is 13.6. The summed E-state index contributed by atoms with van der Waals surface area (Å²) in [6.45, 7) is 2.49. The van der Waals surface area contributed by atoms with E-state index in [2.05, 4.69) is 10.5 Å². The van der Waals surface area contributed by atoms with Gasteiger partial charge in [0.05, 0.1) is 13.0 Å². The number of oxime groups is 1. The molecule has 6 heteroatoms. The van der Waals surface area contributed by atoms with Crippen LogP contribution in [-0.4, -0.2) is 23.6 Å². The van der Waals surface area contributed by atoms with Crippen LogP contribution in [0, 0.1) is 0 Å². The van der Waals surface area contributed by atoms with Crippen molar-refractivity contribution in [2.45, 2.75) is 13.3 Å². The molecule has 0 bridgehead atoms. The summed E-state index contributed by atoms with van der Waals surface area (Å²) in [4.78, 5) is 11.4. The molecular formula is C11H15N3O3. The van der Waals surface area contributed by atoms with Gasteiger partial charge in [0, 0.05) is 5.69 Å². The van der Waals surface area contributed by atoms with Gasteiger partial charge < -0.3 is 21.0 Å². The number of nitrogens with one attached hydrogen (secondary N) is 1. The second-order valence-electron chi connectivity index (χ2n) is 3.27. The fraction of sp³-hybridized carbons (Fsp3) is 0.273. The van der Waals surface area contributed by atoms with Crippen molar-refractivity contribution in [3.8, 4) is 5.75 Å². The van der Waals surface area contributed by atoms with Crippen LogP contribution < -0.4 is 15.8 Å². The first-order valence-corrected chi connectivity index (χ1v) is 5.14. The Morgan fingerprint density at radius 1 is 1.47 bits per heavy atom. The lowest BCUT2D eigenvalue weighted by Crippen LogP contribution is -2.21. The molecule has 1 rings (SSSR count). The molecule has 1 aromatic rings. The Hall–Kier alpha value is -2.24. The number of hydrogen-bond donors (Lipinski definition) is 3. The minimum absolute atomic E-state index is 0.131. The first-order chi connectivity index (χ1) is 8.15. The Morgan fingerprint density at radius 2 is 2.12 bits per heavy atom. The van der Waals surface area contributed by atoms with Crippen LogP contribution in [0.1, 0.15) is 13.3 Å². The maximum absolute atomic E-state index is 11.4. The number of amides is 1. The molecule has 0 aliphatic carbocycles. The van der Waals surface area contributed by atoms with Crippen LogP contribution in [0.15, 0.2) is 29.4 Å². The normalized spacial score (nSPS) is 11.0. The largest absolute Gasteiger partial charge is 0.494 e. The van der Waals surface area contributed by atoms with E-state index in [4.69, 9.17) is 15.7 Å². The van der Waals surface area contributed by atoms with Crippen LogP contribution in [0.25, 0.3) is 0 Å². The average molecular weight is 237 g/mol. The molecule has 0 aliphatic rings. The molecule has 1 amide bonds. The number of carbonyl (C=O) groups excluding carboxylic acids is 1. The summed E-state index contributed by atoms with van der Waals surface area (Å²) in [6.07, 6.45) is -0.149.